The molecule has 2 aromatic carbocycles. The number of nitrogens with zero attached hydrogens (tertiary/aromatic N) is 1. The molecule has 8 heteroatoms. The average Bonchev–Trinajstić information content (AvgIpc) is 2.72. The normalized spacial score (nSPS) is 10.2. The van der Waals surface area contributed by atoms with Gasteiger partial charge in [0.1, 0.15) is 24.0 Å². The molecule has 2 amide bonds. The zero-order valence-corrected chi connectivity index (χ0v) is 15.6. The van der Waals surface area contributed by atoms with Crippen LogP contribution < -0.4 is 27.1 Å². The van der Waals surface area contributed by atoms with Crippen LogP contribution in [0.4, 0.5) is 11.6 Å². The zero-order valence-electron chi connectivity index (χ0n) is 15.6. The molecular weight excluding hydrogens is 370 g/mol. The summed E-state index contributed by atoms with van der Waals surface area (Å²) in [6, 6.07) is 19.9. The fourth-order valence-electron chi connectivity index (χ4n) is 2.55. The lowest BCUT2D eigenvalue weighted by atomic mass is 10.1. The summed E-state index contributed by atoms with van der Waals surface area (Å²) < 4.78 is 5.72. The summed E-state index contributed by atoms with van der Waals surface area (Å²) in [7, 11) is 0. The summed E-state index contributed by atoms with van der Waals surface area (Å²) in [4.78, 5) is 27.9. The number of carbonyl (C=O) groups is 2. The van der Waals surface area contributed by atoms with E-state index in [1.165, 1.54) is 12.1 Å². The Balaban J connectivity index is 1.47. The van der Waals surface area contributed by atoms with Crippen LogP contribution in [-0.4, -0.2) is 16.8 Å². The molecule has 0 atom stereocenters. The molecule has 0 radical (unpaired) electrons. The van der Waals surface area contributed by atoms with Crippen LogP contribution in [0.3, 0.4) is 0 Å². The van der Waals surface area contributed by atoms with Gasteiger partial charge in [0.2, 0.25) is 5.91 Å². The van der Waals surface area contributed by atoms with Gasteiger partial charge >= 0.3 is 0 Å². The van der Waals surface area contributed by atoms with Gasteiger partial charge in [-0.1, -0.05) is 42.5 Å². The maximum Gasteiger partial charge on any atom is 0.273 e. The molecule has 0 bridgehead atoms. The first-order valence-electron chi connectivity index (χ1n) is 8.88. The fourth-order valence-corrected chi connectivity index (χ4v) is 2.55. The summed E-state index contributed by atoms with van der Waals surface area (Å²) in [5.74, 6) is -0.0500. The van der Waals surface area contributed by atoms with Crippen LogP contribution in [-0.2, 0) is 17.8 Å². The summed E-state index contributed by atoms with van der Waals surface area (Å²) in [6.07, 6.45) is 0.0920. The molecule has 3 aromatic rings. The highest BCUT2D eigenvalue weighted by atomic mass is 16.5. The average molecular weight is 391 g/mol. The van der Waals surface area contributed by atoms with Gasteiger partial charge in [-0.25, -0.2) is 4.98 Å². The predicted octanol–water partition coefficient (Wildman–Crippen LogP) is 1.83. The van der Waals surface area contributed by atoms with Crippen molar-refractivity contribution in [3.05, 3.63) is 83.4 Å². The minimum Gasteiger partial charge on any atom is -0.489 e. The SMILES string of the molecule is Nc1ccc(C(=O)NNC(=O)Cc2ccc(OCc3ccccc3)cc2)c(N)n1. The van der Waals surface area contributed by atoms with Crippen LogP contribution in [0.2, 0.25) is 0 Å². The molecule has 0 aliphatic rings. The largest absolute Gasteiger partial charge is 0.489 e. The van der Waals surface area contributed by atoms with E-state index in [1.807, 2.05) is 30.3 Å². The first-order chi connectivity index (χ1) is 14.0. The molecule has 1 aromatic heterocycles. The van der Waals surface area contributed by atoms with E-state index in [-0.39, 0.29) is 29.5 Å². The van der Waals surface area contributed by atoms with E-state index < -0.39 is 5.91 Å². The third kappa shape index (κ3) is 5.70. The van der Waals surface area contributed by atoms with Crippen molar-refractivity contribution in [2.45, 2.75) is 13.0 Å². The number of amides is 2. The van der Waals surface area contributed by atoms with Crippen LogP contribution in [0.15, 0.2) is 66.7 Å². The molecule has 0 saturated heterocycles. The third-order valence-corrected chi connectivity index (χ3v) is 4.04. The van der Waals surface area contributed by atoms with E-state index in [9.17, 15) is 9.59 Å². The van der Waals surface area contributed by atoms with E-state index in [0.717, 1.165) is 11.1 Å². The molecule has 0 aliphatic carbocycles. The van der Waals surface area contributed by atoms with Gasteiger partial charge in [0.25, 0.3) is 5.91 Å². The van der Waals surface area contributed by atoms with Gasteiger partial charge in [-0.3, -0.25) is 20.4 Å². The second-order valence-corrected chi connectivity index (χ2v) is 6.27. The Morgan fingerprint density at radius 2 is 1.59 bits per heavy atom. The highest BCUT2D eigenvalue weighted by Crippen LogP contribution is 2.15. The van der Waals surface area contributed by atoms with Crippen LogP contribution in [0.1, 0.15) is 21.5 Å². The second kappa shape index (κ2) is 9.23. The monoisotopic (exact) mass is 391 g/mol. The molecule has 6 N–H and O–H groups in total. The Kier molecular flexibility index (Phi) is 6.26. The number of anilines is 2. The van der Waals surface area contributed by atoms with Gasteiger partial charge < -0.3 is 16.2 Å². The lowest BCUT2D eigenvalue weighted by Gasteiger charge is -2.10. The van der Waals surface area contributed by atoms with E-state index in [0.29, 0.717) is 12.4 Å². The number of nitrogens with one attached hydrogen (secondary N) is 2. The van der Waals surface area contributed by atoms with Crippen molar-refractivity contribution in [3.63, 3.8) is 0 Å². The van der Waals surface area contributed by atoms with E-state index in [4.69, 9.17) is 16.2 Å². The molecule has 0 saturated carbocycles. The predicted molar refractivity (Wildman–Crippen MR) is 110 cm³/mol. The quantitative estimate of drug-likeness (QED) is 0.474. The number of carbonyl (C=O) groups excluding carboxylic acids is 2. The van der Waals surface area contributed by atoms with Crippen molar-refractivity contribution in [2.75, 3.05) is 11.5 Å². The Hall–Kier alpha value is -4.07. The molecule has 8 nitrogen and oxygen atoms in total. The first-order valence-corrected chi connectivity index (χ1v) is 8.88. The Morgan fingerprint density at radius 1 is 0.862 bits per heavy atom. The zero-order chi connectivity index (χ0) is 20.6. The number of nitrogens with two attached hydrogens (primary N) is 2. The first kappa shape index (κ1) is 19.7. The molecule has 29 heavy (non-hydrogen) atoms. The number of aromatic nitrogens is 1. The molecule has 148 valence electrons. The summed E-state index contributed by atoms with van der Waals surface area (Å²) in [5.41, 5.74) is 17.8. The third-order valence-electron chi connectivity index (χ3n) is 4.04. The van der Waals surface area contributed by atoms with Gasteiger partial charge in [-0.2, -0.15) is 0 Å². The van der Waals surface area contributed by atoms with Crippen molar-refractivity contribution >= 4 is 23.5 Å². The number of benzene rings is 2. The molecule has 1 heterocycles. The van der Waals surface area contributed by atoms with E-state index in [1.54, 1.807) is 24.3 Å². The van der Waals surface area contributed by atoms with Gasteiger partial charge in [0.15, 0.2) is 0 Å². The molecule has 0 unspecified atom stereocenters. The van der Waals surface area contributed by atoms with Crippen molar-refractivity contribution in [2.24, 2.45) is 0 Å². The number of hydrazine groups is 1. The highest BCUT2D eigenvalue weighted by molar-refractivity contribution is 5.99. The Bertz CT molecular complexity index is 991. The number of pyridine rings is 1. The van der Waals surface area contributed by atoms with Crippen molar-refractivity contribution in [3.8, 4) is 5.75 Å². The van der Waals surface area contributed by atoms with Crippen LogP contribution in [0.5, 0.6) is 5.75 Å². The van der Waals surface area contributed by atoms with Crippen LogP contribution in [0.25, 0.3) is 0 Å². The Labute approximate surface area is 167 Å². The van der Waals surface area contributed by atoms with E-state index >= 15 is 0 Å². The van der Waals surface area contributed by atoms with Gasteiger partial charge in [-0.05, 0) is 35.4 Å². The van der Waals surface area contributed by atoms with E-state index in [2.05, 4.69) is 15.8 Å². The minimum atomic E-state index is -0.576. The lowest BCUT2D eigenvalue weighted by molar-refractivity contribution is -0.121. The van der Waals surface area contributed by atoms with Crippen molar-refractivity contribution in [1.29, 1.82) is 0 Å². The highest BCUT2D eigenvalue weighted by Gasteiger charge is 2.12. The minimum absolute atomic E-state index is 0.0113. The summed E-state index contributed by atoms with van der Waals surface area (Å²) >= 11 is 0. The molecule has 0 fully saturated rings. The second-order valence-electron chi connectivity index (χ2n) is 6.27. The van der Waals surface area contributed by atoms with Crippen molar-refractivity contribution in [1.82, 2.24) is 15.8 Å². The number of ether oxygens (including phenoxy) is 1. The molecule has 0 aliphatic heterocycles. The van der Waals surface area contributed by atoms with Gasteiger partial charge in [-0.15, -0.1) is 0 Å². The molecule has 0 spiro atoms. The number of rotatable bonds is 6. The van der Waals surface area contributed by atoms with Crippen LogP contribution >= 0.6 is 0 Å². The van der Waals surface area contributed by atoms with Gasteiger partial charge in [0.05, 0.1) is 12.0 Å². The molecule has 3 rings (SSSR count). The topological polar surface area (TPSA) is 132 Å². The fraction of sp³-hybridized carbons (Fsp3) is 0.0952. The molecular formula is C21H21N5O3. The standard InChI is InChI=1S/C21H21N5O3/c22-18-11-10-17(20(23)24-18)21(28)26-25-19(27)12-14-6-8-16(9-7-14)29-13-15-4-2-1-3-5-15/h1-11H,12-13H2,(H,25,27)(H,26,28)(H4,22,23,24). The number of hydrogen-bond donors (Lipinski definition) is 4. The summed E-state index contributed by atoms with van der Waals surface area (Å²) in [6.45, 7) is 0.468. The number of nitrogen functional groups attached to an aromatic ring is 2. The smallest absolute Gasteiger partial charge is 0.273 e. The lowest BCUT2D eigenvalue weighted by Crippen LogP contribution is -2.42. The maximum atomic E-state index is 12.1. The Morgan fingerprint density at radius 3 is 2.28 bits per heavy atom. The van der Waals surface area contributed by atoms with Crippen molar-refractivity contribution < 1.29 is 14.3 Å². The van der Waals surface area contributed by atoms with Crippen LogP contribution in [0, 0.1) is 0 Å². The van der Waals surface area contributed by atoms with Gasteiger partial charge in [0, 0.05) is 0 Å². The number of hydrogen-bond acceptors (Lipinski definition) is 6. The summed E-state index contributed by atoms with van der Waals surface area (Å²) in [5, 5.41) is 0. The maximum absolute atomic E-state index is 12.1.